The van der Waals surface area contributed by atoms with E-state index in [4.69, 9.17) is 5.73 Å². The van der Waals surface area contributed by atoms with Crippen molar-refractivity contribution in [2.24, 2.45) is 0 Å². The molecular weight excluding hydrogens is 282 g/mol. The van der Waals surface area contributed by atoms with Gasteiger partial charge in [0.05, 0.1) is 5.56 Å². The molecule has 1 aliphatic rings. The van der Waals surface area contributed by atoms with Crippen LogP contribution in [0.3, 0.4) is 0 Å². The molecule has 8 heteroatoms. The Labute approximate surface area is 117 Å². The summed E-state index contributed by atoms with van der Waals surface area (Å²) in [4.78, 5) is 25.2. The van der Waals surface area contributed by atoms with E-state index in [1.165, 1.54) is 23.1 Å². The highest BCUT2D eigenvalue weighted by atomic mass is 32.2. The van der Waals surface area contributed by atoms with Crippen molar-refractivity contribution >= 4 is 27.5 Å². The van der Waals surface area contributed by atoms with Gasteiger partial charge in [0.1, 0.15) is 11.4 Å². The van der Waals surface area contributed by atoms with E-state index in [9.17, 15) is 18.0 Å². The molecular formula is C12H15N3O4S. The minimum absolute atomic E-state index is 0.0111. The van der Waals surface area contributed by atoms with Crippen molar-refractivity contribution in [2.45, 2.75) is 11.8 Å². The van der Waals surface area contributed by atoms with E-state index in [0.717, 1.165) is 0 Å². The average molecular weight is 297 g/mol. The van der Waals surface area contributed by atoms with Crippen LogP contribution in [0.2, 0.25) is 0 Å². The number of hydrogen-bond acceptors (Lipinski definition) is 5. The molecule has 2 N–H and O–H groups in total. The molecule has 20 heavy (non-hydrogen) atoms. The van der Waals surface area contributed by atoms with Gasteiger partial charge in [-0.2, -0.15) is 0 Å². The van der Waals surface area contributed by atoms with Gasteiger partial charge in [0.15, 0.2) is 0 Å². The van der Waals surface area contributed by atoms with Gasteiger partial charge < -0.3 is 10.6 Å². The molecule has 1 aliphatic heterocycles. The maximum absolute atomic E-state index is 12.2. The standard InChI is InChI=1S/C12H15N3O4S/c1-3-14(2)11(16)7-15-12(17)9-6-8(13)4-5-10(9)20(15,18)19/h4-6H,3,7,13H2,1-2H3. The van der Waals surface area contributed by atoms with Gasteiger partial charge in [0, 0.05) is 19.3 Å². The molecule has 7 nitrogen and oxygen atoms in total. The normalized spacial score (nSPS) is 16.1. The summed E-state index contributed by atoms with van der Waals surface area (Å²) in [6, 6.07) is 4.00. The second kappa shape index (κ2) is 4.78. The molecule has 1 aromatic carbocycles. The number of sulfonamides is 1. The van der Waals surface area contributed by atoms with Crippen LogP contribution in [0.5, 0.6) is 0 Å². The summed E-state index contributed by atoms with van der Waals surface area (Å²) in [6.45, 7) is 1.69. The summed E-state index contributed by atoms with van der Waals surface area (Å²) in [5.41, 5.74) is 5.87. The minimum Gasteiger partial charge on any atom is -0.399 e. The fourth-order valence-electron chi connectivity index (χ4n) is 1.88. The summed E-state index contributed by atoms with van der Waals surface area (Å²) in [7, 11) is -2.43. The SMILES string of the molecule is CCN(C)C(=O)CN1C(=O)c2cc(N)ccc2S1(=O)=O. The second-order valence-electron chi connectivity index (χ2n) is 4.48. The van der Waals surface area contributed by atoms with Crippen molar-refractivity contribution in [3.8, 4) is 0 Å². The van der Waals surface area contributed by atoms with E-state index in [2.05, 4.69) is 0 Å². The third kappa shape index (κ3) is 2.11. The Morgan fingerprint density at radius 1 is 1.40 bits per heavy atom. The molecule has 108 valence electrons. The predicted octanol–water partition coefficient (Wildman–Crippen LogP) is -0.108. The van der Waals surface area contributed by atoms with Crippen LogP contribution in [-0.4, -0.2) is 49.6 Å². The van der Waals surface area contributed by atoms with Gasteiger partial charge in [-0.15, -0.1) is 0 Å². The molecule has 0 bridgehead atoms. The number of nitrogens with two attached hydrogens (primary N) is 1. The first-order valence-corrected chi connectivity index (χ1v) is 7.43. The van der Waals surface area contributed by atoms with Gasteiger partial charge in [-0.05, 0) is 25.1 Å². The molecule has 0 spiro atoms. The number of hydrogen-bond donors (Lipinski definition) is 1. The number of carbonyl (C=O) groups excluding carboxylic acids is 2. The lowest BCUT2D eigenvalue weighted by Crippen LogP contribution is -2.41. The molecule has 0 fully saturated rings. The van der Waals surface area contributed by atoms with Crippen molar-refractivity contribution in [3.05, 3.63) is 23.8 Å². The fraction of sp³-hybridized carbons (Fsp3) is 0.333. The number of amides is 2. The number of carbonyl (C=O) groups is 2. The van der Waals surface area contributed by atoms with Crippen LogP contribution >= 0.6 is 0 Å². The highest BCUT2D eigenvalue weighted by Crippen LogP contribution is 2.31. The largest absolute Gasteiger partial charge is 0.399 e. The van der Waals surface area contributed by atoms with E-state index in [-0.39, 0.29) is 10.5 Å². The van der Waals surface area contributed by atoms with Gasteiger partial charge in [-0.3, -0.25) is 9.59 Å². The van der Waals surface area contributed by atoms with Crippen LogP contribution in [0.25, 0.3) is 0 Å². The third-order valence-corrected chi connectivity index (χ3v) is 4.99. The van der Waals surface area contributed by atoms with Crippen LogP contribution in [-0.2, 0) is 14.8 Å². The van der Waals surface area contributed by atoms with Crippen LogP contribution < -0.4 is 5.73 Å². The van der Waals surface area contributed by atoms with Crippen molar-refractivity contribution < 1.29 is 18.0 Å². The molecule has 0 saturated carbocycles. The lowest BCUT2D eigenvalue weighted by atomic mass is 10.2. The number of anilines is 1. The van der Waals surface area contributed by atoms with E-state index in [0.29, 0.717) is 16.5 Å². The number of fused-ring (bicyclic) bond motifs is 1. The number of nitrogen functional groups attached to an aromatic ring is 1. The Bertz CT molecular complexity index is 684. The van der Waals surface area contributed by atoms with Gasteiger partial charge in [0.25, 0.3) is 15.9 Å². The molecule has 0 aromatic heterocycles. The molecule has 0 radical (unpaired) electrons. The first-order valence-electron chi connectivity index (χ1n) is 5.99. The molecule has 2 rings (SSSR count). The monoisotopic (exact) mass is 297 g/mol. The molecule has 1 heterocycles. The zero-order chi connectivity index (χ0) is 15.1. The zero-order valence-corrected chi connectivity index (χ0v) is 12.0. The molecule has 2 amide bonds. The summed E-state index contributed by atoms with van der Waals surface area (Å²) in [5, 5.41) is 0. The van der Waals surface area contributed by atoms with E-state index < -0.39 is 28.4 Å². The summed E-state index contributed by atoms with van der Waals surface area (Å²) >= 11 is 0. The van der Waals surface area contributed by atoms with Gasteiger partial charge in [0.2, 0.25) is 5.91 Å². The number of nitrogens with zero attached hydrogens (tertiary/aromatic N) is 2. The minimum atomic E-state index is -3.97. The maximum atomic E-state index is 12.2. The van der Waals surface area contributed by atoms with Gasteiger partial charge in [-0.1, -0.05) is 0 Å². The lowest BCUT2D eigenvalue weighted by Gasteiger charge is -2.19. The molecule has 0 aliphatic carbocycles. The summed E-state index contributed by atoms with van der Waals surface area (Å²) < 4.78 is 25.1. The quantitative estimate of drug-likeness (QED) is 0.785. The molecule has 0 unspecified atom stereocenters. The smallest absolute Gasteiger partial charge is 0.269 e. The van der Waals surface area contributed by atoms with Crippen molar-refractivity contribution in [1.29, 1.82) is 0 Å². The first-order chi connectivity index (χ1) is 9.28. The van der Waals surface area contributed by atoms with Gasteiger partial charge in [-0.25, -0.2) is 12.7 Å². The summed E-state index contributed by atoms with van der Waals surface area (Å²) in [5.74, 6) is -1.16. The van der Waals surface area contributed by atoms with Crippen LogP contribution in [0.15, 0.2) is 23.1 Å². The van der Waals surface area contributed by atoms with Crippen LogP contribution in [0.4, 0.5) is 5.69 Å². The van der Waals surface area contributed by atoms with Crippen LogP contribution in [0, 0.1) is 0 Å². The first kappa shape index (κ1) is 14.3. The Kier molecular flexibility index (Phi) is 3.43. The lowest BCUT2D eigenvalue weighted by molar-refractivity contribution is -0.129. The topological polar surface area (TPSA) is 101 Å². The molecule has 1 aromatic rings. The Hall–Kier alpha value is -2.09. The van der Waals surface area contributed by atoms with E-state index in [1.54, 1.807) is 14.0 Å². The van der Waals surface area contributed by atoms with Crippen molar-refractivity contribution in [3.63, 3.8) is 0 Å². The fourth-order valence-corrected chi connectivity index (χ4v) is 3.38. The number of likely N-dealkylation sites (N-methyl/N-ethyl adjacent to an activating group) is 1. The van der Waals surface area contributed by atoms with E-state index in [1.807, 2.05) is 0 Å². The Morgan fingerprint density at radius 3 is 2.65 bits per heavy atom. The molecule has 0 atom stereocenters. The van der Waals surface area contributed by atoms with E-state index >= 15 is 0 Å². The maximum Gasteiger partial charge on any atom is 0.269 e. The zero-order valence-electron chi connectivity index (χ0n) is 11.2. The number of rotatable bonds is 3. The average Bonchev–Trinajstić information content (AvgIpc) is 2.58. The van der Waals surface area contributed by atoms with Crippen LogP contribution in [0.1, 0.15) is 17.3 Å². The predicted molar refractivity (Wildman–Crippen MR) is 72.4 cm³/mol. The van der Waals surface area contributed by atoms with Crippen molar-refractivity contribution in [1.82, 2.24) is 9.21 Å². The van der Waals surface area contributed by atoms with Gasteiger partial charge >= 0.3 is 0 Å². The Balaban J connectivity index is 2.40. The summed E-state index contributed by atoms with van der Waals surface area (Å²) in [6.07, 6.45) is 0. The van der Waals surface area contributed by atoms with Crippen molar-refractivity contribution in [2.75, 3.05) is 25.9 Å². The highest BCUT2D eigenvalue weighted by Gasteiger charge is 2.42. The number of benzene rings is 1. The molecule has 0 saturated heterocycles. The third-order valence-electron chi connectivity index (χ3n) is 3.21. The Morgan fingerprint density at radius 2 is 2.05 bits per heavy atom. The second-order valence-corrected chi connectivity index (χ2v) is 6.31. The highest BCUT2D eigenvalue weighted by molar-refractivity contribution is 7.90.